The second-order valence-corrected chi connectivity index (χ2v) is 7.34. The maximum atomic E-state index is 12.1. The largest absolute Gasteiger partial charge is 0.444 e. The van der Waals surface area contributed by atoms with Gasteiger partial charge in [-0.25, -0.2) is 4.79 Å². The van der Waals surface area contributed by atoms with Crippen LogP contribution in [0.5, 0.6) is 0 Å². The first-order valence-corrected chi connectivity index (χ1v) is 7.48. The molecule has 0 radical (unpaired) electrons. The summed E-state index contributed by atoms with van der Waals surface area (Å²) in [5.74, 6) is 0. The Morgan fingerprint density at radius 3 is 2.37 bits per heavy atom. The third kappa shape index (κ3) is 3.04. The van der Waals surface area contributed by atoms with Gasteiger partial charge < -0.3 is 15.4 Å². The summed E-state index contributed by atoms with van der Waals surface area (Å²) in [4.78, 5) is 12.1. The summed E-state index contributed by atoms with van der Waals surface area (Å²) in [5.41, 5.74) is -0.285. The number of hydrogen-bond donors (Lipinski definition) is 2. The molecule has 4 nitrogen and oxygen atoms in total. The van der Waals surface area contributed by atoms with Gasteiger partial charge in [0, 0.05) is 5.54 Å². The summed E-state index contributed by atoms with van der Waals surface area (Å²) < 4.78 is 5.43. The fraction of sp³-hybridized carbons (Fsp3) is 0.933. The normalized spacial score (nSPS) is 30.3. The van der Waals surface area contributed by atoms with Crippen LogP contribution >= 0.6 is 0 Å². The van der Waals surface area contributed by atoms with Gasteiger partial charge in [0.15, 0.2) is 0 Å². The Morgan fingerprint density at radius 1 is 1.16 bits per heavy atom. The molecular formula is C15H28N2O2. The van der Waals surface area contributed by atoms with Crippen molar-refractivity contribution in [3.63, 3.8) is 0 Å². The lowest BCUT2D eigenvalue weighted by Gasteiger charge is -2.47. The van der Waals surface area contributed by atoms with Crippen LogP contribution in [0.1, 0.15) is 59.8 Å². The average Bonchev–Trinajstić information content (AvgIpc) is 2.54. The van der Waals surface area contributed by atoms with Crippen molar-refractivity contribution in [1.29, 1.82) is 0 Å². The van der Waals surface area contributed by atoms with Crippen molar-refractivity contribution >= 4 is 6.09 Å². The molecule has 4 heteroatoms. The number of piperidine rings is 1. The summed E-state index contributed by atoms with van der Waals surface area (Å²) >= 11 is 0. The van der Waals surface area contributed by atoms with E-state index in [0.717, 1.165) is 32.4 Å². The standard InChI is InChI=1S/C15H28N2O2/c1-13(2,3)19-12(18)17-14(4)6-5-7-15(14)8-10-16-11-9-15/h16H,5-11H2,1-4H3,(H,17,18). The second kappa shape index (κ2) is 4.97. The predicted octanol–water partition coefficient (Wildman–Crippen LogP) is 2.82. The first-order valence-electron chi connectivity index (χ1n) is 7.48. The topological polar surface area (TPSA) is 50.4 Å². The van der Waals surface area contributed by atoms with E-state index in [1.807, 2.05) is 20.8 Å². The number of alkyl carbamates (subject to hydrolysis) is 1. The van der Waals surface area contributed by atoms with Crippen LogP contribution < -0.4 is 10.6 Å². The van der Waals surface area contributed by atoms with Gasteiger partial charge in [0.25, 0.3) is 0 Å². The number of carbonyl (C=O) groups excluding carboxylic acids is 1. The van der Waals surface area contributed by atoms with E-state index in [1.54, 1.807) is 0 Å². The van der Waals surface area contributed by atoms with Gasteiger partial charge in [0.05, 0.1) is 0 Å². The molecule has 1 heterocycles. The van der Waals surface area contributed by atoms with Crippen molar-refractivity contribution in [2.45, 2.75) is 70.9 Å². The zero-order valence-corrected chi connectivity index (χ0v) is 12.8. The first-order chi connectivity index (χ1) is 8.77. The highest BCUT2D eigenvalue weighted by molar-refractivity contribution is 5.69. The molecule has 2 N–H and O–H groups in total. The van der Waals surface area contributed by atoms with E-state index >= 15 is 0 Å². The predicted molar refractivity (Wildman–Crippen MR) is 76.2 cm³/mol. The van der Waals surface area contributed by atoms with Gasteiger partial charge >= 0.3 is 6.09 Å². The van der Waals surface area contributed by atoms with Crippen molar-refractivity contribution in [1.82, 2.24) is 10.6 Å². The van der Waals surface area contributed by atoms with Crippen molar-refractivity contribution in [2.24, 2.45) is 5.41 Å². The number of rotatable bonds is 1. The van der Waals surface area contributed by atoms with E-state index in [0.29, 0.717) is 0 Å². The summed E-state index contributed by atoms with van der Waals surface area (Å²) in [6, 6.07) is 0. The molecule has 1 aliphatic carbocycles. The molecule has 1 saturated heterocycles. The number of ether oxygens (including phenoxy) is 1. The minimum Gasteiger partial charge on any atom is -0.444 e. The fourth-order valence-electron chi connectivity index (χ4n) is 3.75. The summed E-state index contributed by atoms with van der Waals surface area (Å²) in [6.07, 6.45) is 5.52. The van der Waals surface area contributed by atoms with Crippen LogP contribution in [0.3, 0.4) is 0 Å². The Kier molecular flexibility index (Phi) is 3.83. The Morgan fingerprint density at radius 2 is 1.79 bits per heavy atom. The van der Waals surface area contributed by atoms with E-state index < -0.39 is 5.60 Å². The number of amides is 1. The molecule has 0 bridgehead atoms. The smallest absolute Gasteiger partial charge is 0.408 e. The summed E-state index contributed by atoms with van der Waals surface area (Å²) in [5, 5.41) is 6.60. The maximum Gasteiger partial charge on any atom is 0.408 e. The molecular weight excluding hydrogens is 240 g/mol. The van der Waals surface area contributed by atoms with Crippen LogP contribution in [0.4, 0.5) is 4.79 Å². The van der Waals surface area contributed by atoms with Crippen LogP contribution in [-0.2, 0) is 4.74 Å². The average molecular weight is 268 g/mol. The van der Waals surface area contributed by atoms with Crippen LogP contribution in [-0.4, -0.2) is 30.3 Å². The van der Waals surface area contributed by atoms with Crippen molar-refractivity contribution in [2.75, 3.05) is 13.1 Å². The fourth-order valence-corrected chi connectivity index (χ4v) is 3.75. The van der Waals surface area contributed by atoms with Crippen LogP contribution in [0.25, 0.3) is 0 Å². The number of carbonyl (C=O) groups is 1. The molecule has 1 atom stereocenters. The zero-order valence-electron chi connectivity index (χ0n) is 12.8. The molecule has 0 aromatic rings. The molecule has 1 aliphatic heterocycles. The molecule has 2 rings (SSSR count). The summed E-state index contributed by atoms with van der Waals surface area (Å²) in [7, 11) is 0. The lowest BCUT2D eigenvalue weighted by molar-refractivity contribution is 0.0286. The lowest BCUT2D eigenvalue weighted by atomic mass is 9.67. The molecule has 1 amide bonds. The van der Waals surface area contributed by atoms with Crippen LogP contribution in [0, 0.1) is 5.41 Å². The summed E-state index contributed by atoms with van der Waals surface area (Å²) in [6.45, 7) is 10.0. The van der Waals surface area contributed by atoms with Gasteiger partial charge in [-0.2, -0.15) is 0 Å². The lowest BCUT2D eigenvalue weighted by Crippen LogP contribution is -2.58. The Bertz CT molecular complexity index is 343. The highest BCUT2D eigenvalue weighted by Crippen LogP contribution is 2.52. The molecule has 0 aromatic heterocycles. The monoisotopic (exact) mass is 268 g/mol. The van der Waals surface area contributed by atoms with Crippen LogP contribution in [0.15, 0.2) is 0 Å². The maximum absolute atomic E-state index is 12.1. The SMILES string of the molecule is CC(C)(C)OC(=O)NC1(C)CCCC12CCNCC2. The van der Waals surface area contributed by atoms with Crippen molar-refractivity contribution in [3.8, 4) is 0 Å². The molecule has 1 spiro atoms. The number of nitrogens with one attached hydrogen (secondary N) is 2. The van der Waals surface area contributed by atoms with Gasteiger partial charge in [-0.3, -0.25) is 0 Å². The Balaban J connectivity index is 2.06. The quantitative estimate of drug-likeness (QED) is 0.769. The minimum atomic E-state index is -0.430. The van der Waals surface area contributed by atoms with E-state index in [-0.39, 0.29) is 17.0 Å². The van der Waals surface area contributed by atoms with E-state index in [4.69, 9.17) is 4.74 Å². The first kappa shape index (κ1) is 14.6. The third-order valence-electron chi connectivity index (χ3n) is 4.84. The minimum absolute atomic E-state index is 0.114. The molecule has 1 saturated carbocycles. The van der Waals surface area contributed by atoms with Gasteiger partial charge in [-0.1, -0.05) is 6.42 Å². The molecule has 2 aliphatic rings. The molecule has 110 valence electrons. The van der Waals surface area contributed by atoms with Gasteiger partial charge in [0.2, 0.25) is 0 Å². The van der Waals surface area contributed by atoms with E-state index in [9.17, 15) is 4.79 Å². The van der Waals surface area contributed by atoms with E-state index in [2.05, 4.69) is 17.6 Å². The molecule has 1 unspecified atom stereocenters. The molecule has 2 fully saturated rings. The Labute approximate surface area is 116 Å². The highest BCUT2D eigenvalue weighted by atomic mass is 16.6. The van der Waals surface area contributed by atoms with Crippen molar-refractivity contribution in [3.05, 3.63) is 0 Å². The second-order valence-electron chi connectivity index (χ2n) is 7.34. The molecule has 0 aromatic carbocycles. The van der Waals surface area contributed by atoms with Crippen LogP contribution in [0.2, 0.25) is 0 Å². The van der Waals surface area contributed by atoms with Crippen molar-refractivity contribution < 1.29 is 9.53 Å². The molecule has 19 heavy (non-hydrogen) atoms. The van der Waals surface area contributed by atoms with Gasteiger partial charge in [-0.05, 0) is 71.9 Å². The van der Waals surface area contributed by atoms with Gasteiger partial charge in [0.1, 0.15) is 5.60 Å². The van der Waals surface area contributed by atoms with E-state index in [1.165, 1.54) is 12.8 Å². The highest BCUT2D eigenvalue weighted by Gasteiger charge is 2.52. The Hall–Kier alpha value is -0.770. The van der Waals surface area contributed by atoms with Gasteiger partial charge in [-0.15, -0.1) is 0 Å². The zero-order chi connectivity index (χ0) is 14.1. The third-order valence-corrected chi connectivity index (χ3v) is 4.84. The number of hydrogen-bond acceptors (Lipinski definition) is 3.